The molecule has 0 radical (unpaired) electrons. The molecule has 0 atom stereocenters. The molecule has 0 aliphatic carbocycles. The van der Waals surface area contributed by atoms with Gasteiger partial charge in [0.2, 0.25) is 0 Å². The van der Waals surface area contributed by atoms with E-state index in [0.717, 1.165) is 27.8 Å². The van der Waals surface area contributed by atoms with E-state index in [0.29, 0.717) is 11.6 Å². The maximum Gasteiger partial charge on any atom is 0.194 e. The molecule has 0 saturated heterocycles. The molecule has 20 heavy (non-hydrogen) atoms. The first-order valence-corrected chi connectivity index (χ1v) is 7.43. The van der Waals surface area contributed by atoms with E-state index in [4.69, 9.17) is 16.3 Å². The van der Waals surface area contributed by atoms with Crippen molar-refractivity contribution in [2.45, 2.75) is 13.5 Å². The molecule has 0 unspecified atom stereocenters. The average Bonchev–Trinajstić information content (AvgIpc) is 2.99. The fourth-order valence-corrected chi connectivity index (χ4v) is 3.06. The van der Waals surface area contributed by atoms with Crippen LogP contribution in [-0.4, -0.2) is 16.5 Å². The maximum absolute atomic E-state index is 6.19. The van der Waals surface area contributed by atoms with E-state index in [1.165, 1.54) is 0 Å². The highest BCUT2D eigenvalue weighted by Gasteiger charge is 2.10. The molecule has 0 fully saturated rings. The molecule has 2 aromatic heterocycles. The number of methoxy groups -OCH3 is 1. The number of hydrogen-bond donors (Lipinski definition) is 1. The van der Waals surface area contributed by atoms with Crippen LogP contribution in [0.4, 0.5) is 5.69 Å². The van der Waals surface area contributed by atoms with Crippen LogP contribution in [0, 0.1) is 6.92 Å². The lowest BCUT2D eigenvalue weighted by atomic mass is 10.2. The van der Waals surface area contributed by atoms with Crippen LogP contribution in [0.1, 0.15) is 11.4 Å². The number of aromatic nitrogens is 2. The van der Waals surface area contributed by atoms with Gasteiger partial charge in [-0.05, 0) is 19.1 Å². The third-order valence-electron chi connectivity index (χ3n) is 3.18. The van der Waals surface area contributed by atoms with Crippen LogP contribution in [0.2, 0.25) is 5.02 Å². The van der Waals surface area contributed by atoms with Crippen molar-refractivity contribution >= 4 is 33.6 Å². The summed E-state index contributed by atoms with van der Waals surface area (Å²) in [5.41, 5.74) is 3.03. The van der Waals surface area contributed by atoms with Crippen molar-refractivity contribution in [1.29, 1.82) is 0 Å². The summed E-state index contributed by atoms with van der Waals surface area (Å²) in [4.78, 5) is 5.54. The van der Waals surface area contributed by atoms with Gasteiger partial charge in [0.1, 0.15) is 5.75 Å². The number of hydrogen-bond acceptors (Lipinski definition) is 4. The molecule has 1 aromatic carbocycles. The first kappa shape index (κ1) is 13.3. The summed E-state index contributed by atoms with van der Waals surface area (Å²) in [5.74, 6) is 0.780. The second-order valence-corrected chi connectivity index (χ2v) is 5.68. The van der Waals surface area contributed by atoms with E-state index in [9.17, 15) is 0 Å². The molecule has 3 rings (SSSR count). The van der Waals surface area contributed by atoms with Crippen molar-refractivity contribution in [3.8, 4) is 5.75 Å². The van der Waals surface area contributed by atoms with Crippen LogP contribution in [-0.2, 0) is 6.54 Å². The van der Waals surface area contributed by atoms with Crippen LogP contribution in [0.15, 0.2) is 29.8 Å². The summed E-state index contributed by atoms with van der Waals surface area (Å²) in [7, 11) is 1.64. The molecule has 3 aromatic rings. The third-order valence-corrected chi connectivity index (χ3v) is 4.27. The van der Waals surface area contributed by atoms with Gasteiger partial charge in [0.15, 0.2) is 4.96 Å². The number of imidazole rings is 1. The number of rotatable bonds is 4. The Labute approximate surface area is 126 Å². The molecule has 0 bridgehead atoms. The van der Waals surface area contributed by atoms with Gasteiger partial charge >= 0.3 is 0 Å². The second kappa shape index (κ2) is 5.34. The Hall–Kier alpha value is -1.72. The van der Waals surface area contributed by atoms with Gasteiger partial charge in [-0.1, -0.05) is 11.6 Å². The zero-order chi connectivity index (χ0) is 14.1. The number of anilines is 1. The van der Waals surface area contributed by atoms with E-state index in [2.05, 4.69) is 14.7 Å². The summed E-state index contributed by atoms with van der Waals surface area (Å²) in [6, 6.07) is 5.56. The zero-order valence-corrected chi connectivity index (χ0v) is 12.8. The van der Waals surface area contributed by atoms with Crippen molar-refractivity contribution in [3.63, 3.8) is 0 Å². The molecule has 0 aliphatic heterocycles. The predicted molar refractivity (Wildman–Crippen MR) is 83.1 cm³/mol. The summed E-state index contributed by atoms with van der Waals surface area (Å²) >= 11 is 7.82. The molecule has 6 heteroatoms. The fraction of sp³-hybridized carbons (Fsp3) is 0.214. The number of fused-ring (bicyclic) bond motifs is 1. The molecule has 4 nitrogen and oxygen atoms in total. The molecule has 0 amide bonds. The smallest absolute Gasteiger partial charge is 0.194 e. The average molecular weight is 308 g/mol. The summed E-state index contributed by atoms with van der Waals surface area (Å²) in [6.45, 7) is 2.68. The Morgan fingerprint density at radius 2 is 2.30 bits per heavy atom. The van der Waals surface area contributed by atoms with Crippen molar-refractivity contribution in [1.82, 2.24) is 9.38 Å². The lowest BCUT2D eigenvalue weighted by Gasteiger charge is -2.10. The van der Waals surface area contributed by atoms with Gasteiger partial charge in [-0.3, -0.25) is 4.40 Å². The first-order chi connectivity index (χ1) is 9.69. The molecular formula is C14H14ClN3OS. The van der Waals surface area contributed by atoms with Gasteiger partial charge in [-0.2, -0.15) is 0 Å². The van der Waals surface area contributed by atoms with Crippen LogP contribution in [0.3, 0.4) is 0 Å². The summed E-state index contributed by atoms with van der Waals surface area (Å²) in [6.07, 6.45) is 2.03. The van der Waals surface area contributed by atoms with E-state index >= 15 is 0 Å². The van der Waals surface area contributed by atoms with Crippen molar-refractivity contribution in [2.75, 3.05) is 12.4 Å². The van der Waals surface area contributed by atoms with Crippen molar-refractivity contribution < 1.29 is 4.74 Å². The van der Waals surface area contributed by atoms with Crippen LogP contribution >= 0.6 is 22.9 Å². The quantitative estimate of drug-likeness (QED) is 0.792. The lowest BCUT2D eigenvalue weighted by Crippen LogP contribution is -2.04. The number of thiazole rings is 1. The Morgan fingerprint density at radius 1 is 1.45 bits per heavy atom. The third kappa shape index (κ3) is 2.34. The molecule has 104 valence electrons. The molecule has 0 aliphatic rings. The normalized spacial score (nSPS) is 10.9. The van der Waals surface area contributed by atoms with Gasteiger partial charge in [-0.25, -0.2) is 4.98 Å². The van der Waals surface area contributed by atoms with Gasteiger partial charge in [0, 0.05) is 17.6 Å². The molecule has 2 heterocycles. The number of nitrogens with zero attached hydrogens (tertiary/aromatic N) is 2. The SMILES string of the molecule is COc1ccc(Cl)c(NCc2c(C)nc3sccn23)c1. The van der Waals surface area contributed by atoms with Gasteiger partial charge in [0.25, 0.3) is 0 Å². The van der Waals surface area contributed by atoms with Gasteiger partial charge in [0.05, 0.1) is 35.8 Å². The highest BCUT2D eigenvalue weighted by molar-refractivity contribution is 7.15. The molecule has 0 saturated carbocycles. The Kier molecular flexibility index (Phi) is 3.54. The lowest BCUT2D eigenvalue weighted by molar-refractivity contribution is 0.415. The van der Waals surface area contributed by atoms with Crippen LogP contribution in [0.5, 0.6) is 5.75 Å². The fourth-order valence-electron chi connectivity index (χ4n) is 2.10. The topological polar surface area (TPSA) is 38.6 Å². The van der Waals surface area contributed by atoms with Crippen molar-refractivity contribution in [3.05, 3.63) is 46.2 Å². The van der Waals surface area contributed by atoms with Crippen LogP contribution < -0.4 is 10.1 Å². The first-order valence-electron chi connectivity index (χ1n) is 6.17. The number of ether oxygens (including phenoxy) is 1. The maximum atomic E-state index is 6.19. The predicted octanol–water partition coefficient (Wildman–Crippen LogP) is 3.98. The van der Waals surface area contributed by atoms with Crippen LogP contribution in [0.25, 0.3) is 4.96 Å². The Bertz CT molecular complexity index is 750. The number of halogens is 1. The summed E-state index contributed by atoms with van der Waals surface area (Å²) < 4.78 is 7.31. The van der Waals surface area contributed by atoms with Crippen molar-refractivity contribution in [2.24, 2.45) is 0 Å². The van der Waals surface area contributed by atoms with E-state index in [1.54, 1.807) is 18.4 Å². The largest absolute Gasteiger partial charge is 0.497 e. The molecule has 1 N–H and O–H groups in total. The Balaban J connectivity index is 1.86. The number of aryl methyl sites for hydroxylation is 1. The Morgan fingerprint density at radius 3 is 3.10 bits per heavy atom. The molecular weight excluding hydrogens is 294 g/mol. The zero-order valence-electron chi connectivity index (χ0n) is 11.2. The van der Waals surface area contributed by atoms with E-state index in [1.807, 2.05) is 36.7 Å². The van der Waals surface area contributed by atoms with Gasteiger partial charge in [-0.15, -0.1) is 11.3 Å². The van der Waals surface area contributed by atoms with Gasteiger partial charge < -0.3 is 10.1 Å². The monoisotopic (exact) mass is 307 g/mol. The molecule has 0 spiro atoms. The summed E-state index contributed by atoms with van der Waals surface area (Å²) in [5, 5.41) is 6.05. The highest BCUT2D eigenvalue weighted by atomic mass is 35.5. The standard InChI is InChI=1S/C14H14ClN3OS/c1-9-13(18-5-6-20-14(18)17-9)8-16-12-7-10(19-2)3-4-11(12)15/h3-7,16H,8H2,1-2H3. The minimum Gasteiger partial charge on any atom is -0.497 e. The number of benzene rings is 1. The second-order valence-electron chi connectivity index (χ2n) is 4.40. The minimum atomic E-state index is 0.663. The number of nitrogens with one attached hydrogen (secondary N) is 1. The van der Waals surface area contributed by atoms with E-state index < -0.39 is 0 Å². The van der Waals surface area contributed by atoms with E-state index in [-0.39, 0.29) is 0 Å². The minimum absolute atomic E-state index is 0.663. The highest BCUT2D eigenvalue weighted by Crippen LogP contribution is 2.27.